The van der Waals surface area contributed by atoms with E-state index in [0.717, 1.165) is 24.6 Å². The van der Waals surface area contributed by atoms with Gasteiger partial charge in [0.1, 0.15) is 0 Å². The fraction of sp³-hybridized carbons (Fsp3) is 0.625. The second kappa shape index (κ2) is 7.50. The standard InChI is InChI=1S/C16H26N2O2/c1-3-20-16-10-14(4-5-15(16)19)12-17-11-13-6-8-18(2)9-7-13/h4-5,10,13,17,19H,3,6-9,11-12H2,1-2H3. The van der Waals surface area contributed by atoms with Crippen molar-refractivity contribution in [2.75, 3.05) is 33.3 Å². The fourth-order valence-electron chi connectivity index (χ4n) is 2.63. The van der Waals surface area contributed by atoms with Crippen molar-refractivity contribution in [3.8, 4) is 11.5 Å². The van der Waals surface area contributed by atoms with E-state index in [2.05, 4.69) is 17.3 Å². The van der Waals surface area contributed by atoms with E-state index in [1.807, 2.05) is 19.1 Å². The van der Waals surface area contributed by atoms with Gasteiger partial charge in [-0.05, 0) is 70.1 Å². The molecule has 2 rings (SSSR count). The summed E-state index contributed by atoms with van der Waals surface area (Å²) in [6.07, 6.45) is 2.56. The van der Waals surface area contributed by atoms with Crippen LogP contribution in [-0.4, -0.2) is 43.3 Å². The summed E-state index contributed by atoms with van der Waals surface area (Å²) in [6.45, 7) is 6.80. The lowest BCUT2D eigenvalue weighted by molar-refractivity contribution is 0.216. The van der Waals surface area contributed by atoms with E-state index in [1.165, 1.54) is 25.9 Å². The summed E-state index contributed by atoms with van der Waals surface area (Å²) in [4.78, 5) is 2.39. The van der Waals surface area contributed by atoms with Crippen LogP contribution in [0.1, 0.15) is 25.3 Å². The molecule has 1 heterocycles. The number of ether oxygens (including phenoxy) is 1. The molecule has 1 fully saturated rings. The Labute approximate surface area is 121 Å². The summed E-state index contributed by atoms with van der Waals surface area (Å²) in [5.41, 5.74) is 1.15. The smallest absolute Gasteiger partial charge is 0.161 e. The molecule has 1 aliphatic heterocycles. The van der Waals surface area contributed by atoms with Gasteiger partial charge in [0.2, 0.25) is 0 Å². The number of nitrogens with one attached hydrogen (secondary N) is 1. The molecule has 0 aliphatic carbocycles. The van der Waals surface area contributed by atoms with Gasteiger partial charge in [-0.3, -0.25) is 0 Å². The Morgan fingerprint density at radius 3 is 2.80 bits per heavy atom. The minimum Gasteiger partial charge on any atom is -0.504 e. The van der Waals surface area contributed by atoms with Crippen LogP contribution in [0.3, 0.4) is 0 Å². The molecule has 1 aromatic carbocycles. The summed E-state index contributed by atoms with van der Waals surface area (Å²) in [5, 5.41) is 13.2. The van der Waals surface area contributed by atoms with Crippen molar-refractivity contribution in [2.24, 2.45) is 5.92 Å². The van der Waals surface area contributed by atoms with Gasteiger partial charge >= 0.3 is 0 Å². The summed E-state index contributed by atoms with van der Waals surface area (Å²) >= 11 is 0. The Bertz CT molecular complexity index is 415. The van der Waals surface area contributed by atoms with Gasteiger partial charge in [0.05, 0.1) is 6.61 Å². The van der Waals surface area contributed by atoms with Crippen molar-refractivity contribution < 1.29 is 9.84 Å². The maximum absolute atomic E-state index is 9.67. The van der Waals surface area contributed by atoms with Crippen molar-refractivity contribution >= 4 is 0 Å². The van der Waals surface area contributed by atoms with Gasteiger partial charge in [0.15, 0.2) is 11.5 Å². The first-order valence-electron chi connectivity index (χ1n) is 7.53. The molecule has 1 saturated heterocycles. The van der Waals surface area contributed by atoms with Crippen LogP contribution in [0.25, 0.3) is 0 Å². The molecule has 0 saturated carbocycles. The van der Waals surface area contributed by atoms with Gasteiger partial charge in [0.25, 0.3) is 0 Å². The number of benzene rings is 1. The van der Waals surface area contributed by atoms with E-state index >= 15 is 0 Å². The number of phenols is 1. The molecule has 4 nitrogen and oxygen atoms in total. The highest BCUT2D eigenvalue weighted by Crippen LogP contribution is 2.26. The highest BCUT2D eigenvalue weighted by Gasteiger charge is 2.15. The van der Waals surface area contributed by atoms with E-state index in [1.54, 1.807) is 6.07 Å². The molecule has 1 aliphatic rings. The van der Waals surface area contributed by atoms with E-state index in [9.17, 15) is 5.11 Å². The van der Waals surface area contributed by atoms with Crippen molar-refractivity contribution in [2.45, 2.75) is 26.3 Å². The van der Waals surface area contributed by atoms with Crippen LogP contribution in [0.5, 0.6) is 11.5 Å². The Balaban J connectivity index is 1.77. The third kappa shape index (κ3) is 4.39. The minimum atomic E-state index is 0.214. The van der Waals surface area contributed by atoms with Crippen LogP contribution in [0.4, 0.5) is 0 Å². The van der Waals surface area contributed by atoms with Crippen molar-refractivity contribution in [3.63, 3.8) is 0 Å². The van der Waals surface area contributed by atoms with Gasteiger partial charge in [-0.15, -0.1) is 0 Å². The Morgan fingerprint density at radius 2 is 2.10 bits per heavy atom. The molecule has 4 heteroatoms. The molecule has 0 radical (unpaired) electrons. The zero-order valence-corrected chi connectivity index (χ0v) is 12.6. The number of piperidine rings is 1. The molecule has 0 unspecified atom stereocenters. The zero-order chi connectivity index (χ0) is 14.4. The van der Waals surface area contributed by atoms with Crippen molar-refractivity contribution in [3.05, 3.63) is 23.8 Å². The fourth-order valence-corrected chi connectivity index (χ4v) is 2.63. The Morgan fingerprint density at radius 1 is 1.35 bits per heavy atom. The highest BCUT2D eigenvalue weighted by atomic mass is 16.5. The number of aromatic hydroxyl groups is 1. The largest absolute Gasteiger partial charge is 0.504 e. The molecule has 112 valence electrons. The van der Waals surface area contributed by atoms with Crippen LogP contribution < -0.4 is 10.1 Å². The summed E-state index contributed by atoms with van der Waals surface area (Å²) in [7, 11) is 2.19. The van der Waals surface area contributed by atoms with E-state index in [-0.39, 0.29) is 5.75 Å². The first-order valence-corrected chi connectivity index (χ1v) is 7.53. The maximum Gasteiger partial charge on any atom is 0.161 e. The molecule has 0 atom stereocenters. The SMILES string of the molecule is CCOc1cc(CNCC2CCN(C)CC2)ccc1O. The molecule has 0 amide bonds. The van der Waals surface area contributed by atoms with Crippen LogP contribution in [0.15, 0.2) is 18.2 Å². The first-order chi connectivity index (χ1) is 9.69. The van der Waals surface area contributed by atoms with Gasteiger partial charge in [0, 0.05) is 6.54 Å². The van der Waals surface area contributed by atoms with Crippen LogP contribution in [0.2, 0.25) is 0 Å². The number of likely N-dealkylation sites (tertiary alicyclic amines) is 1. The average molecular weight is 278 g/mol. The van der Waals surface area contributed by atoms with Gasteiger partial charge < -0.3 is 20.1 Å². The molecule has 0 aromatic heterocycles. The van der Waals surface area contributed by atoms with Crippen molar-refractivity contribution in [1.82, 2.24) is 10.2 Å². The molecule has 20 heavy (non-hydrogen) atoms. The normalized spacial score (nSPS) is 17.3. The highest BCUT2D eigenvalue weighted by molar-refractivity contribution is 5.41. The topological polar surface area (TPSA) is 44.7 Å². The van der Waals surface area contributed by atoms with Crippen LogP contribution in [0, 0.1) is 5.92 Å². The second-order valence-electron chi connectivity index (χ2n) is 5.61. The predicted molar refractivity (Wildman–Crippen MR) is 81.2 cm³/mol. The quantitative estimate of drug-likeness (QED) is 0.837. The van der Waals surface area contributed by atoms with E-state index in [0.29, 0.717) is 12.4 Å². The van der Waals surface area contributed by atoms with Gasteiger partial charge in [-0.25, -0.2) is 0 Å². The van der Waals surface area contributed by atoms with E-state index < -0.39 is 0 Å². The minimum absolute atomic E-state index is 0.214. The molecule has 0 spiro atoms. The van der Waals surface area contributed by atoms with Gasteiger partial charge in [-0.1, -0.05) is 6.07 Å². The van der Waals surface area contributed by atoms with E-state index in [4.69, 9.17) is 4.74 Å². The predicted octanol–water partition coefficient (Wildman–Crippen LogP) is 2.22. The number of hydrogen-bond acceptors (Lipinski definition) is 4. The summed E-state index contributed by atoms with van der Waals surface area (Å²) in [5.74, 6) is 1.58. The summed E-state index contributed by atoms with van der Waals surface area (Å²) < 4.78 is 5.40. The molecular formula is C16H26N2O2. The van der Waals surface area contributed by atoms with Crippen molar-refractivity contribution in [1.29, 1.82) is 0 Å². The summed E-state index contributed by atoms with van der Waals surface area (Å²) in [6, 6.07) is 5.57. The molecule has 0 bridgehead atoms. The van der Waals surface area contributed by atoms with Crippen LogP contribution in [-0.2, 0) is 6.54 Å². The molecule has 1 aromatic rings. The monoisotopic (exact) mass is 278 g/mol. The molecule has 2 N–H and O–H groups in total. The Kier molecular flexibility index (Phi) is 5.68. The third-order valence-corrected chi connectivity index (χ3v) is 3.92. The van der Waals surface area contributed by atoms with Crippen LogP contribution >= 0.6 is 0 Å². The lowest BCUT2D eigenvalue weighted by atomic mass is 9.97. The zero-order valence-electron chi connectivity index (χ0n) is 12.6. The maximum atomic E-state index is 9.67. The number of rotatable bonds is 6. The average Bonchev–Trinajstić information content (AvgIpc) is 2.45. The lowest BCUT2D eigenvalue weighted by Crippen LogP contribution is -2.34. The number of hydrogen-bond donors (Lipinski definition) is 2. The lowest BCUT2D eigenvalue weighted by Gasteiger charge is -2.29. The molecular weight excluding hydrogens is 252 g/mol. The number of nitrogens with zero attached hydrogens (tertiary/aromatic N) is 1. The number of phenolic OH excluding ortho intramolecular Hbond substituents is 1. The third-order valence-electron chi connectivity index (χ3n) is 3.92. The second-order valence-corrected chi connectivity index (χ2v) is 5.61. The van der Waals surface area contributed by atoms with Gasteiger partial charge in [-0.2, -0.15) is 0 Å². The first kappa shape index (κ1) is 15.1. The Hall–Kier alpha value is -1.26.